The van der Waals surface area contributed by atoms with Crippen LogP contribution in [-0.2, 0) is 6.54 Å². The smallest absolute Gasteiger partial charge is 0.253 e. The molecule has 1 N–H and O–H groups in total. The average Bonchev–Trinajstić information content (AvgIpc) is 2.65. The molecule has 132 valence electrons. The van der Waals surface area contributed by atoms with Crippen LogP contribution >= 0.6 is 0 Å². The fraction of sp³-hybridized carbons (Fsp3) is 0.300. The Morgan fingerprint density at radius 2 is 1.60 bits per heavy atom. The fourth-order valence-corrected chi connectivity index (χ4v) is 2.37. The molecule has 2 rings (SSSR count). The number of nitrogens with one attached hydrogen (secondary N) is 1. The molecule has 0 aliphatic carbocycles. The Kier molecular flexibility index (Phi) is 6.69. The Labute approximate surface area is 147 Å². The van der Waals surface area contributed by atoms with Crippen molar-refractivity contribution in [2.24, 2.45) is 0 Å². The molecule has 0 aliphatic rings. The van der Waals surface area contributed by atoms with E-state index in [0.29, 0.717) is 17.7 Å². The second kappa shape index (κ2) is 8.97. The molecule has 0 heterocycles. The molecule has 2 aromatic rings. The molecule has 2 amide bonds. The molecule has 0 fully saturated rings. The number of rotatable bonds is 7. The molecule has 0 aromatic heterocycles. The van der Waals surface area contributed by atoms with Crippen LogP contribution < -0.4 is 5.32 Å². The first kappa shape index (κ1) is 18.6. The fourth-order valence-electron chi connectivity index (χ4n) is 2.37. The molecule has 0 radical (unpaired) electrons. The van der Waals surface area contributed by atoms with E-state index in [1.807, 2.05) is 0 Å². The Balaban J connectivity index is 1.93. The van der Waals surface area contributed by atoms with Crippen LogP contribution in [0.1, 0.15) is 46.0 Å². The van der Waals surface area contributed by atoms with Gasteiger partial charge < -0.3 is 10.2 Å². The van der Waals surface area contributed by atoms with Gasteiger partial charge in [0, 0.05) is 31.3 Å². The van der Waals surface area contributed by atoms with Gasteiger partial charge in [-0.15, -0.1) is 0 Å². The molecule has 4 nitrogen and oxygen atoms in total. The Bertz CT molecular complexity index is 711. The van der Waals surface area contributed by atoms with E-state index in [9.17, 15) is 14.0 Å². The van der Waals surface area contributed by atoms with Crippen LogP contribution in [0.25, 0.3) is 0 Å². The van der Waals surface area contributed by atoms with E-state index in [0.717, 1.165) is 24.9 Å². The highest BCUT2D eigenvalue weighted by Gasteiger charge is 2.12. The van der Waals surface area contributed by atoms with Crippen LogP contribution in [0.2, 0.25) is 0 Å². The summed E-state index contributed by atoms with van der Waals surface area (Å²) in [5.74, 6) is -0.589. The van der Waals surface area contributed by atoms with Gasteiger partial charge in [-0.25, -0.2) is 4.39 Å². The minimum atomic E-state index is -0.306. The largest absolute Gasteiger partial charge is 0.348 e. The zero-order valence-electron chi connectivity index (χ0n) is 14.6. The van der Waals surface area contributed by atoms with Crippen molar-refractivity contribution in [2.75, 3.05) is 13.6 Å². The molecule has 5 heteroatoms. The predicted octanol–water partition coefficient (Wildman–Crippen LogP) is 3.63. The minimum absolute atomic E-state index is 0.0493. The van der Waals surface area contributed by atoms with Gasteiger partial charge in [-0.1, -0.05) is 25.5 Å². The molecule has 0 saturated heterocycles. The van der Waals surface area contributed by atoms with Crippen molar-refractivity contribution in [1.29, 1.82) is 0 Å². The lowest BCUT2D eigenvalue weighted by molar-refractivity contribution is 0.0792. The summed E-state index contributed by atoms with van der Waals surface area (Å²) < 4.78 is 12.9. The van der Waals surface area contributed by atoms with Crippen molar-refractivity contribution in [3.8, 4) is 0 Å². The molecule has 0 aliphatic heterocycles. The molecule has 0 unspecified atom stereocenters. The number of carbonyl (C=O) groups is 2. The summed E-state index contributed by atoms with van der Waals surface area (Å²) in [6.07, 6.45) is 2.00. The third-order valence-electron chi connectivity index (χ3n) is 3.95. The minimum Gasteiger partial charge on any atom is -0.348 e. The lowest BCUT2D eigenvalue weighted by Gasteiger charge is -2.16. The summed E-state index contributed by atoms with van der Waals surface area (Å²) in [6.45, 7) is 3.12. The lowest BCUT2D eigenvalue weighted by atomic mass is 10.1. The van der Waals surface area contributed by atoms with Crippen LogP contribution in [0, 0.1) is 5.82 Å². The highest BCUT2D eigenvalue weighted by atomic mass is 19.1. The van der Waals surface area contributed by atoms with Gasteiger partial charge in [-0.2, -0.15) is 0 Å². The van der Waals surface area contributed by atoms with E-state index in [2.05, 4.69) is 12.2 Å². The van der Waals surface area contributed by atoms with Gasteiger partial charge in [0.15, 0.2) is 0 Å². The Morgan fingerprint density at radius 3 is 2.20 bits per heavy atom. The first-order valence-corrected chi connectivity index (χ1v) is 8.39. The average molecular weight is 342 g/mol. The maximum Gasteiger partial charge on any atom is 0.253 e. The molecule has 0 spiro atoms. The zero-order chi connectivity index (χ0) is 18.2. The van der Waals surface area contributed by atoms with Crippen LogP contribution in [0.5, 0.6) is 0 Å². The molecular weight excluding hydrogens is 319 g/mol. The number of halogens is 1. The number of hydrogen-bond acceptors (Lipinski definition) is 2. The van der Waals surface area contributed by atoms with Crippen LogP contribution in [0.15, 0.2) is 48.5 Å². The first-order chi connectivity index (χ1) is 12.0. The van der Waals surface area contributed by atoms with Crippen molar-refractivity contribution in [3.05, 3.63) is 71.0 Å². The summed E-state index contributed by atoms with van der Waals surface area (Å²) in [5, 5.41) is 2.78. The number of amides is 2. The second-order valence-corrected chi connectivity index (χ2v) is 5.97. The van der Waals surface area contributed by atoms with Crippen molar-refractivity contribution in [3.63, 3.8) is 0 Å². The number of nitrogens with zero attached hydrogens (tertiary/aromatic N) is 1. The maximum absolute atomic E-state index is 12.9. The molecule has 0 atom stereocenters. The topological polar surface area (TPSA) is 49.4 Å². The Morgan fingerprint density at radius 1 is 1.00 bits per heavy atom. The van der Waals surface area contributed by atoms with Gasteiger partial charge in [0.1, 0.15) is 5.82 Å². The normalized spacial score (nSPS) is 10.4. The SMILES string of the molecule is CCCCN(C)C(=O)c1ccc(C(=O)NCc2ccc(F)cc2)cc1. The summed E-state index contributed by atoms with van der Waals surface area (Å²) >= 11 is 0. The van der Waals surface area contributed by atoms with E-state index in [1.165, 1.54) is 12.1 Å². The van der Waals surface area contributed by atoms with Crippen molar-refractivity contribution >= 4 is 11.8 Å². The van der Waals surface area contributed by atoms with Gasteiger partial charge in [0.05, 0.1) is 0 Å². The van der Waals surface area contributed by atoms with E-state index in [4.69, 9.17) is 0 Å². The van der Waals surface area contributed by atoms with Crippen LogP contribution in [0.4, 0.5) is 4.39 Å². The monoisotopic (exact) mass is 342 g/mol. The predicted molar refractivity (Wildman–Crippen MR) is 95.9 cm³/mol. The van der Waals surface area contributed by atoms with Gasteiger partial charge in [0.25, 0.3) is 11.8 Å². The molecule has 0 bridgehead atoms. The van der Waals surface area contributed by atoms with Gasteiger partial charge in [-0.05, 0) is 48.4 Å². The molecular formula is C20H23FN2O2. The number of benzene rings is 2. The molecule has 2 aromatic carbocycles. The van der Waals surface area contributed by atoms with Crippen molar-refractivity contribution in [2.45, 2.75) is 26.3 Å². The maximum atomic E-state index is 12.9. The quantitative estimate of drug-likeness (QED) is 0.835. The number of carbonyl (C=O) groups excluding carboxylic acids is 2. The van der Waals surface area contributed by atoms with E-state index < -0.39 is 0 Å². The van der Waals surface area contributed by atoms with Crippen molar-refractivity contribution in [1.82, 2.24) is 10.2 Å². The summed E-state index contributed by atoms with van der Waals surface area (Å²) in [5.41, 5.74) is 1.86. The Hall–Kier alpha value is -2.69. The van der Waals surface area contributed by atoms with Crippen LogP contribution in [-0.4, -0.2) is 30.3 Å². The lowest BCUT2D eigenvalue weighted by Crippen LogP contribution is -2.28. The summed E-state index contributed by atoms with van der Waals surface area (Å²) in [7, 11) is 1.78. The number of hydrogen-bond donors (Lipinski definition) is 1. The molecule has 0 saturated carbocycles. The highest BCUT2D eigenvalue weighted by Crippen LogP contribution is 2.09. The van der Waals surface area contributed by atoms with Gasteiger partial charge >= 0.3 is 0 Å². The molecule has 25 heavy (non-hydrogen) atoms. The van der Waals surface area contributed by atoms with Crippen molar-refractivity contribution < 1.29 is 14.0 Å². The highest BCUT2D eigenvalue weighted by molar-refractivity contribution is 5.97. The summed E-state index contributed by atoms with van der Waals surface area (Å²) in [4.78, 5) is 26.1. The first-order valence-electron chi connectivity index (χ1n) is 8.39. The third kappa shape index (κ3) is 5.41. The van der Waals surface area contributed by atoms with E-state index >= 15 is 0 Å². The second-order valence-electron chi connectivity index (χ2n) is 5.97. The van der Waals surface area contributed by atoms with Gasteiger partial charge in [0.2, 0.25) is 0 Å². The third-order valence-corrected chi connectivity index (χ3v) is 3.95. The number of unbranched alkanes of at least 4 members (excludes halogenated alkanes) is 1. The van der Waals surface area contributed by atoms with Gasteiger partial charge in [-0.3, -0.25) is 9.59 Å². The standard InChI is InChI=1S/C20H23FN2O2/c1-3-4-13-23(2)20(25)17-9-7-16(8-10-17)19(24)22-14-15-5-11-18(21)12-6-15/h5-12H,3-4,13-14H2,1-2H3,(H,22,24). The van der Waals surface area contributed by atoms with E-state index in [1.54, 1.807) is 48.3 Å². The zero-order valence-corrected chi connectivity index (χ0v) is 14.6. The van der Waals surface area contributed by atoms with Crippen LogP contribution in [0.3, 0.4) is 0 Å². The summed E-state index contributed by atoms with van der Waals surface area (Å²) in [6, 6.07) is 12.6. The van der Waals surface area contributed by atoms with E-state index in [-0.39, 0.29) is 17.6 Å².